The molecule has 100 valence electrons. The summed E-state index contributed by atoms with van der Waals surface area (Å²) >= 11 is 7.38. The number of likely N-dealkylation sites (tertiary alicyclic amines) is 1. The Labute approximate surface area is 116 Å². The van der Waals surface area contributed by atoms with Crippen molar-refractivity contribution in [2.75, 3.05) is 26.7 Å². The molecule has 1 saturated heterocycles. The monoisotopic (exact) mass is 287 g/mol. The quantitative estimate of drug-likeness (QED) is 0.910. The maximum atomic E-state index is 12.0. The molecule has 18 heavy (non-hydrogen) atoms. The van der Waals surface area contributed by atoms with E-state index in [4.69, 9.17) is 17.3 Å². The average molecular weight is 288 g/mol. The number of amides is 1. The van der Waals surface area contributed by atoms with E-state index in [0.29, 0.717) is 13.1 Å². The van der Waals surface area contributed by atoms with Crippen molar-refractivity contribution in [1.29, 1.82) is 0 Å². The van der Waals surface area contributed by atoms with Crippen LogP contribution in [0.1, 0.15) is 11.3 Å². The zero-order valence-corrected chi connectivity index (χ0v) is 12.0. The minimum atomic E-state index is 0.133. The lowest BCUT2D eigenvalue weighted by atomic mass is 10.3. The molecule has 1 amide bonds. The topological polar surface area (TPSA) is 49.6 Å². The van der Waals surface area contributed by atoms with E-state index in [1.807, 2.05) is 19.2 Å². The predicted molar refractivity (Wildman–Crippen MR) is 74.8 cm³/mol. The van der Waals surface area contributed by atoms with Gasteiger partial charge in [0, 0.05) is 31.1 Å². The number of carbonyl (C=O) groups excluding carboxylic acids is 1. The summed E-state index contributed by atoms with van der Waals surface area (Å²) in [7, 11) is 1.83. The van der Waals surface area contributed by atoms with E-state index in [9.17, 15) is 4.79 Å². The molecule has 6 heteroatoms. The lowest BCUT2D eigenvalue weighted by Crippen LogP contribution is -2.38. The van der Waals surface area contributed by atoms with Crippen LogP contribution in [-0.2, 0) is 11.3 Å². The van der Waals surface area contributed by atoms with Crippen LogP contribution in [0.3, 0.4) is 0 Å². The zero-order valence-electron chi connectivity index (χ0n) is 10.4. The van der Waals surface area contributed by atoms with Crippen LogP contribution in [-0.4, -0.2) is 48.4 Å². The first-order valence-corrected chi connectivity index (χ1v) is 7.20. The first kappa shape index (κ1) is 13.8. The lowest BCUT2D eigenvalue weighted by molar-refractivity contribution is -0.131. The Kier molecular flexibility index (Phi) is 4.61. The van der Waals surface area contributed by atoms with Crippen LogP contribution < -0.4 is 5.73 Å². The molecule has 2 N–H and O–H groups in total. The van der Waals surface area contributed by atoms with Crippen molar-refractivity contribution < 1.29 is 4.79 Å². The standard InChI is InChI=1S/C12H18ClN3OS/c1-15(7-10-2-3-11(13)18-10)12(17)8-16-5-4-9(14)6-16/h2-3,9H,4-8,14H2,1H3/t9-/m1/s1. The summed E-state index contributed by atoms with van der Waals surface area (Å²) in [6.07, 6.45) is 0.984. The Morgan fingerprint density at radius 3 is 3.00 bits per heavy atom. The molecule has 1 aliphatic rings. The molecule has 2 heterocycles. The molecule has 0 spiro atoms. The normalized spacial score (nSPS) is 20.3. The number of halogens is 1. The Morgan fingerprint density at radius 2 is 2.44 bits per heavy atom. The summed E-state index contributed by atoms with van der Waals surface area (Å²) in [6, 6.07) is 4.04. The van der Waals surface area contributed by atoms with Crippen LogP contribution >= 0.6 is 22.9 Å². The van der Waals surface area contributed by atoms with Crippen molar-refractivity contribution in [3.8, 4) is 0 Å². The Hall–Kier alpha value is -0.620. The number of nitrogens with two attached hydrogens (primary N) is 1. The van der Waals surface area contributed by atoms with Gasteiger partial charge < -0.3 is 10.6 Å². The second-order valence-corrected chi connectivity index (χ2v) is 6.54. The van der Waals surface area contributed by atoms with Gasteiger partial charge >= 0.3 is 0 Å². The van der Waals surface area contributed by atoms with Gasteiger partial charge in [0.1, 0.15) is 0 Å². The molecule has 0 aliphatic carbocycles. The third-order valence-electron chi connectivity index (χ3n) is 3.12. The molecule has 2 rings (SSSR count). The maximum absolute atomic E-state index is 12.0. The van der Waals surface area contributed by atoms with E-state index in [0.717, 1.165) is 28.7 Å². The van der Waals surface area contributed by atoms with Gasteiger partial charge in [0.2, 0.25) is 5.91 Å². The largest absolute Gasteiger partial charge is 0.340 e. The van der Waals surface area contributed by atoms with Crippen molar-refractivity contribution in [3.05, 3.63) is 21.3 Å². The number of hydrogen-bond donors (Lipinski definition) is 1. The van der Waals surface area contributed by atoms with Gasteiger partial charge in [-0.15, -0.1) is 11.3 Å². The van der Waals surface area contributed by atoms with E-state index < -0.39 is 0 Å². The average Bonchev–Trinajstić information content (AvgIpc) is 2.88. The van der Waals surface area contributed by atoms with Crippen LogP contribution in [0.4, 0.5) is 0 Å². The molecule has 0 unspecified atom stereocenters. The van der Waals surface area contributed by atoms with Gasteiger partial charge in [-0.25, -0.2) is 0 Å². The number of carbonyl (C=O) groups is 1. The Bertz CT molecular complexity index is 423. The fourth-order valence-electron chi connectivity index (χ4n) is 2.08. The number of rotatable bonds is 4. The molecule has 4 nitrogen and oxygen atoms in total. The molecule has 0 saturated carbocycles. The highest BCUT2D eigenvalue weighted by Gasteiger charge is 2.22. The van der Waals surface area contributed by atoms with Gasteiger partial charge in [0.05, 0.1) is 17.4 Å². The van der Waals surface area contributed by atoms with Gasteiger partial charge in [0.25, 0.3) is 0 Å². The van der Waals surface area contributed by atoms with Crippen molar-refractivity contribution in [2.24, 2.45) is 5.73 Å². The molecule has 1 aromatic heterocycles. The molecule has 0 radical (unpaired) electrons. The molecule has 0 aromatic carbocycles. The molecular formula is C12H18ClN3OS. The summed E-state index contributed by atoms with van der Waals surface area (Å²) < 4.78 is 0.761. The third-order valence-corrected chi connectivity index (χ3v) is 4.33. The molecule has 1 aliphatic heterocycles. The fourth-order valence-corrected chi connectivity index (χ4v) is 3.22. The highest BCUT2D eigenvalue weighted by Crippen LogP contribution is 2.22. The smallest absolute Gasteiger partial charge is 0.236 e. The van der Waals surface area contributed by atoms with E-state index in [2.05, 4.69) is 4.90 Å². The van der Waals surface area contributed by atoms with Crippen LogP contribution in [0.5, 0.6) is 0 Å². The summed E-state index contributed by atoms with van der Waals surface area (Å²) in [5.41, 5.74) is 5.82. The van der Waals surface area contributed by atoms with Gasteiger partial charge in [-0.05, 0) is 18.6 Å². The maximum Gasteiger partial charge on any atom is 0.236 e. The van der Waals surface area contributed by atoms with Crippen LogP contribution in [0, 0.1) is 0 Å². The minimum Gasteiger partial charge on any atom is -0.340 e. The number of thiophene rings is 1. The number of hydrogen-bond acceptors (Lipinski definition) is 4. The third kappa shape index (κ3) is 3.68. The lowest BCUT2D eigenvalue weighted by Gasteiger charge is -2.20. The molecule has 0 bridgehead atoms. The van der Waals surface area contributed by atoms with Crippen LogP contribution in [0.15, 0.2) is 12.1 Å². The molecule has 1 atom stereocenters. The highest BCUT2D eigenvalue weighted by atomic mass is 35.5. The zero-order chi connectivity index (χ0) is 13.1. The summed E-state index contributed by atoms with van der Waals surface area (Å²) in [5.74, 6) is 0.133. The number of likely N-dealkylation sites (N-methyl/N-ethyl adjacent to an activating group) is 1. The summed E-state index contributed by atoms with van der Waals surface area (Å²) in [4.78, 5) is 17.0. The minimum absolute atomic E-state index is 0.133. The Balaban J connectivity index is 1.81. The van der Waals surface area contributed by atoms with E-state index in [1.165, 1.54) is 11.3 Å². The van der Waals surface area contributed by atoms with Crippen molar-refractivity contribution in [3.63, 3.8) is 0 Å². The fraction of sp³-hybridized carbons (Fsp3) is 0.583. The van der Waals surface area contributed by atoms with Crippen molar-refractivity contribution in [2.45, 2.75) is 19.0 Å². The van der Waals surface area contributed by atoms with Gasteiger partial charge in [-0.1, -0.05) is 11.6 Å². The Morgan fingerprint density at radius 1 is 1.67 bits per heavy atom. The second kappa shape index (κ2) is 6.02. The first-order chi connectivity index (χ1) is 8.54. The summed E-state index contributed by atoms with van der Waals surface area (Å²) in [5, 5.41) is 0. The number of nitrogens with zero attached hydrogens (tertiary/aromatic N) is 2. The van der Waals surface area contributed by atoms with Crippen LogP contribution in [0.2, 0.25) is 4.34 Å². The molecular weight excluding hydrogens is 270 g/mol. The van der Waals surface area contributed by atoms with Gasteiger partial charge in [0.15, 0.2) is 0 Å². The van der Waals surface area contributed by atoms with Gasteiger partial charge in [-0.3, -0.25) is 9.69 Å². The van der Waals surface area contributed by atoms with E-state index in [-0.39, 0.29) is 11.9 Å². The molecule has 1 fully saturated rings. The van der Waals surface area contributed by atoms with Gasteiger partial charge in [-0.2, -0.15) is 0 Å². The predicted octanol–water partition coefficient (Wildman–Crippen LogP) is 1.39. The second-order valence-electron chi connectivity index (χ2n) is 4.74. The van der Waals surface area contributed by atoms with Crippen LogP contribution in [0.25, 0.3) is 0 Å². The highest BCUT2D eigenvalue weighted by molar-refractivity contribution is 7.16. The van der Waals surface area contributed by atoms with Crippen molar-refractivity contribution >= 4 is 28.8 Å². The van der Waals surface area contributed by atoms with E-state index in [1.54, 1.807) is 4.90 Å². The van der Waals surface area contributed by atoms with Crippen molar-refractivity contribution in [1.82, 2.24) is 9.80 Å². The summed E-state index contributed by atoms with van der Waals surface area (Å²) in [6.45, 7) is 2.83. The van der Waals surface area contributed by atoms with E-state index >= 15 is 0 Å². The first-order valence-electron chi connectivity index (χ1n) is 6.00. The molecule has 1 aromatic rings. The SMILES string of the molecule is CN(Cc1ccc(Cl)s1)C(=O)CN1CC[C@@H](N)C1.